The van der Waals surface area contributed by atoms with E-state index in [1.165, 1.54) is 24.3 Å². The highest BCUT2D eigenvalue weighted by Crippen LogP contribution is 2.13. The predicted molar refractivity (Wildman–Crippen MR) is 50.1 cm³/mol. The molecule has 0 bridgehead atoms. The average Bonchev–Trinajstić information content (AvgIpc) is 2.08. The fraction of sp³-hybridized carbons (Fsp3) is 0. The molecule has 0 radical (unpaired) electrons. The van der Waals surface area contributed by atoms with Gasteiger partial charge in [0.25, 0.3) is 0 Å². The molecule has 0 saturated carbocycles. The zero-order valence-corrected chi connectivity index (χ0v) is 8.17. The van der Waals surface area contributed by atoms with Crippen LogP contribution < -0.4 is 4.74 Å². The zero-order chi connectivity index (χ0) is 9.84. The van der Waals surface area contributed by atoms with Gasteiger partial charge in [-0.1, -0.05) is 6.58 Å². The molecule has 0 aliphatic rings. The summed E-state index contributed by atoms with van der Waals surface area (Å²) in [5, 5.41) is 0. The maximum atomic E-state index is 12.4. The van der Waals surface area contributed by atoms with E-state index in [1.807, 2.05) is 0 Å². The summed E-state index contributed by atoms with van der Waals surface area (Å²) in [6.45, 7) is 3.34. The molecule has 2 nitrogen and oxygen atoms in total. The van der Waals surface area contributed by atoms with Crippen LogP contribution in [0.5, 0.6) is 5.75 Å². The molecule has 0 fully saturated rings. The first-order chi connectivity index (χ1) is 6.09. The number of ether oxygens (including phenoxy) is 1. The van der Waals surface area contributed by atoms with Gasteiger partial charge >= 0.3 is 5.97 Å². The van der Waals surface area contributed by atoms with Crippen molar-refractivity contribution in [3.05, 3.63) is 41.1 Å². The summed E-state index contributed by atoms with van der Waals surface area (Å²) in [6, 6.07) is 5.14. The number of hydrogen-bond donors (Lipinski definition) is 0. The van der Waals surface area contributed by atoms with Crippen LogP contribution in [0.15, 0.2) is 35.3 Å². The molecule has 0 aromatic heterocycles. The maximum Gasteiger partial charge on any atom is 0.350 e. The van der Waals surface area contributed by atoms with E-state index in [9.17, 15) is 9.18 Å². The number of carbonyl (C=O) groups is 1. The lowest BCUT2D eigenvalue weighted by molar-refractivity contribution is -0.129. The smallest absolute Gasteiger partial charge is 0.350 e. The Morgan fingerprint density at radius 1 is 1.38 bits per heavy atom. The van der Waals surface area contributed by atoms with Crippen molar-refractivity contribution in [2.45, 2.75) is 0 Å². The summed E-state index contributed by atoms with van der Waals surface area (Å²) < 4.78 is 17.3. The van der Waals surface area contributed by atoms with Gasteiger partial charge in [-0.25, -0.2) is 9.18 Å². The molecule has 1 aromatic rings. The SMILES string of the molecule is C=C(Br)C(=O)Oc1ccc(F)cc1. The second-order valence-corrected chi connectivity index (χ2v) is 3.21. The minimum atomic E-state index is -0.591. The highest BCUT2D eigenvalue weighted by Gasteiger charge is 2.05. The van der Waals surface area contributed by atoms with Crippen molar-refractivity contribution >= 4 is 21.9 Å². The fourth-order valence-electron chi connectivity index (χ4n) is 0.665. The Balaban J connectivity index is 2.70. The van der Waals surface area contributed by atoms with Gasteiger partial charge in [0.05, 0.1) is 4.48 Å². The van der Waals surface area contributed by atoms with Crippen LogP contribution in [0.25, 0.3) is 0 Å². The molecule has 0 unspecified atom stereocenters. The van der Waals surface area contributed by atoms with Crippen molar-refractivity contribution in [1.29, 1.82) is 0 Å². The van der Waals surface area contributed by atoms with Gasteiger partial charge in [-0.3, -0.25) is 0 Å². The minimum absolute atomic E-state index is 0.122. The third kappa shape index (κ3) is 2.99. The molecule has 0 aliphatic carbocycles. The summed E-state index contributed by atoms with van der Waals surface area (Å²) >= 11 is 2.87. The molecule has 68 valence electrons. The van der Waals surface area contributed by atoms with E-state index in [4.69, 9.17) is 4.74 Å². The van der Waals surface area contributed by atoms with Crippen molar-refractivity contribution in [3.63, 3.8) is 0 Å². The first-order valence-electron chi connectivity index (χ1n) is 3.42. The molecule has 1 rings (SSSR count). The highest BCUT2D eigenvalue weighted by atomic mass is 79.9. The van der Waals surface area contributed by atoms with Gasteiger partial charge in [0.2, 0.25) is 0 Å². The second kappa shape index (κ2) is 4.18. The van der Waals surface area contributed by atoms with Crippen molar-refractivity contribution in [1.82, 2.24) is 0 Å². The third-order valence-corrected chi connectivity index (χ3v) is 1.57. The standard InChI is InChI=1S/C9H6BrFO2/c1-6(10)9(12)13-8-4-2-7(11)3-5-8/h2-5H,1H2. The normalized spacial score (nSPS) is 9.38. The van der Waals surface area contributed by atoms with Crippen LogP contribution in [-0.4, -0.2) is 5.97 Å². The number of esters is 1. The highest BCUT2D eigenvalue weighted by molar-refractivity contribution is 9.12. The lowest BCUT2D eigenvalue weighted by atomic mass is 10.3. The van der Waals surface area contributed by atoms with Gasteiger partial charge in [-0.15, -0.1) is 0 Å². The van der Waals surface area contributed by atoms with Gasteiger partial charge in [0.15, 0.2) is 0 Å². The number of benzene rings is 1. The second-order valence-electron chi connectivity index (χ2n) is 2.25. The van der Waals surface area contributed by atoms with Gasteiger partial charge in [0, 0.05) is 0 Å². The molecule has 1 aromatic carbocycles. The van der Waals surface area contributed by atoms with Crippen LogP contribution in [-0.2, 0) is 4.79 Å². The molecule has 4 heteroatoms. The van der Waals surface area contributed by atoms with Crippen LogP contribution >= 0.6 is 15.9 Å². The fourth-order valence-corrected chi connectivity index (χ4v) is 0.746. The van der Waals surface area contributed by atoms with Crippen LogP contribution in [0.1, 0.15) is 0 Å². The van der Waals surface area contributed by atoms with E-state index < -0.39 is 5.97 Å². The summed E-state index contributed by atoms with van der Waals surface area (Å²) in [4.78, 5) is 10.9. The summed E-state index contributed by atoms with van der Waals surface area (Å²) in [5.41, 5.74) is 0. The Morgan fingerprint density at radius 2 is 1.92 bits per heavy atom. The molecular formula is C9H6BrFO2. The topological polar surface area (TPSA) is 26.3 Å². The van der Waals surface area contributed by atoms with Crippen molar-refractivity contribution in [2.75, 3.05) is 0 Å². The zero-order valence-electron chi connectivity index (χ0n) is 6.59. The first-order valence-corrected chi connectivity index (χ1v) is 4.21. The molecule has 13 heavy (non-hydrogen) atoms. The van der Waals surface area contributed by atoms with Gasteiger partial charge in [-0.2, -0.15) is 0 Å². The largest absolute Gasteiger partial charge is 0.423 e. The summed E-state index contributed by atoms with van der Waals surface area (Å²) in [5.74, 6) is -0.684. The molecule has 0 spiro atoms. The maximum absolute atomic E-state index is 12.4. The third-order valence-electron chi connectivity index (χ3n) is 1.25. The van der Waals surface area contributed by atoms with Gasteiger partial charge in [0.1, 0.15) is 11.6 Å². The van der Waals surface area contributed by atoms with E-state index in [2.05, 4.69) is 22.5 Å². The molecule has 0 saturated heterocycles. The Hall–Kier alpha value is -1.16. The number of hydrogen-bond acceptors (Lipinski definition) is 2. The number of carbonyl (C=O) groups excluding carboxylic acids is 1. The Bertz CT molecular complexity index is 332. The van der Waals surface area contributed by atoms with E-state index in [-0.39, 0.29) is 16.0 Å². The average molecular weight is 245 g/mol. The van der Waals surface area contributed by atoms with Gasteiger partial charge < -0.3 is 4.74 Å². The van der Waals surface area contributed by atoms with Crippen molar-refractivity contribution in [3.8, 4) is 5.75 Å². The quantitative estimate of drug-likeness (QED) is 0.454. The first kappa shape index (κ1) is 9.92. The lowest BCUT2D eigenvalue weighted by Crippen LogP contribution is -2.06. The van der Waals surface area contributed by atoms with E-state index in [1.54, 1.807) is 0 Å². The minimum Gasteiger partial charge on any atom is -0.423 e. The molecule has 0 atom stereocenters. The summed E-state index contributed by atoms with van der Waals surface area (Å²) in [7, 11) is 0. The van der Waals surface area contributed by atoms with Crippen molar-refractivity contribution < 1.29 is 13.9 Å². The van der Waals surface area contributed by atoms with Gasteiger partial charge in [-0.05, 0) is 40.2 Å². The van der Waals surface area contributed by atoms with E-state index in [0.29, 0.717) is 0 Å². The Morgan fingerprint density at radius 3 is 2.38 bits per heavy atom. The monoisotopic (exact) mass is 244 g/mol. The van der Waals surface area contributed by atoms with E-state index >= 15 is 0 Å². The predicted octanol–water partition coefficient (Wildman–Crippen LogP) is 2.64. The molecule has 0 aliphatic heterocycles. The Labute approximate surface area is 83.1 Å². The molecular weight excluding hydrogens is 239 g/mol. The van der Waals surface area contributed by atoms with Crippen LogP contribution in [0.2, 0.25) is 0 Å². The number of rotatable bonds is 2. The number of halogens is 2. The van der Waals surface area contributed by atoms with Crippen molar-refractivity contribution in [2.24, 2.45) is 0 Å². The van der Waals surface area contributed by atoms with E-state index in [0.717, 1.165) is 0 Å². The van der Waals surface area contributed by atoms with Crippen LogP contribution in [0.4, 0.5) is 4.39 Å². The van der Waals surface area contributed by atoms with Crippen LogP contribution in [0, 0.1) is 5.82 Å². The van der Waals surface area contributed by atoms with Crippen LogP contribution in [0.3, 0.4) is 0 Å². The Kier molecular flexibility index (Phi) is 3.19. The lowest BCUT2D eigenvalue weighted by Gasteiger charge is -2.01. The molecule has 0 amide bonds. The molecule has 0 heterocycles. The summed E-state index contributed by atoms with van der Waals surface area (Å²) in [6.07, 6.45) is 0. The molecule has 0 N–H and O–H groups in total.